The number of nitrogens with two attached hydrogens (primary N) is 1. The van der Waals surface area contributed by atoms with Crippen molar-refractivity contribution in [3.05, 3.63) is 35.9 Å². The number of halogens is 1. The second kappa shape index (κ2) is 8.28. The fraction of sp³-hybridized carbons (Fsp3) is 0.562. The van der Waals surface area contributed by atoms with Crippen LogP contribution in [0.25, 0.3) is 0 Å². The highest BCUT2D eigenvalue weighted by Crippen LogP contribution is 2.22. The van der Waals surface area contributed by atoms with Crippen LogP contribution in [0.4, 0.5) is 0 Å². The number of hydrogen-bond donors (Lipinski definition) is 1. The van der Waals surface area contributed by atoms with E-state index >= 15 is 0 Å². The maximum atomic E-state index is 12.6. The lowest BCUT2D eigenvalue weighted by molar-refractivity contribution is -0.132. The van der Waals surface area contributed by atoms with E-state index in [0.717, 1.165) is 37.4 Å². The molecular formula is C16H25ClN2O. The molecule has 1 aliphatic heterocycles. The van der Waals surface area contributed by atoms with E-state index in [0.29, 0.717) is 6.54 Å². The van der Waals surface area contributed by atoms with Crippen LogP contribution in [0.15, 0.2) is 30.3 Å². The molecule has 0 aromatic heterocycles. The highest BCUT2D eigenvalue weighted by molar-refractivity contribution is 5.85. The summed E-state index contributed by atoms with van der Waals surface area (Å²) in [6.07, 6.45) is 3.44. The van der Waals surface area contributed by atoms with Gasteiger partial charge in [-0.3, -0.25) is 4.79 Å². The minimum atomic E-state index is -0.186. The Morgan fingerprint density at radius 2 is 2.00 bits per heavy atom. The zero-order valence-corrected chi connectivity index (χ0v) is 12.9. The number of carbonyl (C=O) groups excluding carboxylic acids is 1. The van der Waals surface area contributed by atoms with Gasteiger partial charge in [-0.2, -0.15) is 0 Å². The van der Waals surface area contributed by atoms with Gasteiger partial charge in [0.25, 0.3) is 0 Å². The van der Waals surface area contributed by atoms with E-state index in [9.17, 15) is 4.79 Å². The lowest BCUT2D eigenvalue weighted by Gasteiger charge is -2.25. The average Bonchev–Trinajstić information content (AvgIpc) is 2.65. The van der Waals surface area contributed by atoms with E-state index in [4.69, 9.17) is 5.73 Å². The third-order valence-electron chi connectivity index (χ3n) is 4.06. The molecular weight excluding hydrogens is 272 g/mol. The molecule has 2 rings (SSSR count). The van der Waals surface area contributed by atoms with Crippen LogP contribution in [0.1, 0.15) is 37.7 Å². The number of nitrogens with zero attached hydrogens (tertiary/aromatic N) is 1. The number of likely N-dealkylation sites (tertiary alicyclic amines) is 1. The van der Waals surface area contributed by atoms with Crippen LogP contribution in [0.5, 0.6) is 0 Å². The molecule has 1 aromatic carbocycles. The molecule has 20 heavy (non-hydrogen) atoms. The van der Waals surface area contributed by atoms with Crippen molar-refractivity contribution in [1.29, 1.82) is 0 Å². The number of rotatable bonds is 3. The first-order valence-electron chi connectivity index (χ1n) is 7.26. The Hall–Kier alpha value is -1.06. The molecule has 3 nitrogen and oxygen atoms in total. The van der Waals surface area contributed by atoms with Crippen molar-refractivity contribution in [3.63, 3.8) is 0 Å². The van der Waals surface area contributed by atoms with E-state index in [1.807, 2.05) is 35.2 Å². The molecule has 0 radical (unpaired) electrons. The van der Waals surface area contributed by atoms with Gasteiger partial charge in [0.05, 0.1) is 5.92 Å². The van der Waals surface area contributed by atoms with E-state index in [1.54, 1.807) is 0 Å². The molecule has 0 saturated carbocycles. The normalized spacial score (nSPS) is 20.7. The van der Waals surface area contributed by atoms with Gasteiger partial charge in [-0.05, 0) is 30.7 Å². The summed E-state index contributed by atoms with van der Waals surface area (Å²) in [7, 11) is 0. The fourth-order valence-corrected chi connectivity index (χ4v) is 2.77. The van der Waals surface area contributed by atoms with Crippen molar-refractivity contribution < 1.29 is 4.79 Å². The Labute approximate surface area is 127 Å². The van der Waals surface area contributed by atoms with Gasteiger partial charge in [0, 0.05) is 19.6 Å². The third kappa shape index (κ3) is 4.22. The summed E-state index contributed by atoms with van der Waals surface area (Å²) in [5, 5.41) is 0. The van der Waals surface area contributed by atoms with Crippen LogP contribution >= 0.6 is 12.4 Å². The van der Waals surface area contributed by atoms with Crippen molar-refractivity contribution in [3.8, 4) is 0 Å². The van der Waals surface area contributed by atoms with Gasteiger partial charge in [-0.25, -0.2) is 0 Å². The summed E-state index contributed by atoms with van der Waals surface area (Å²) in [4.78, 5) is 14.6. The molecule has 112 valence electrons. The van der Waals surface area contributed by atoms with E-state index in [2.05, 4.69) is 6.92 Å². The molecule has 1 fully saturated rings. The van der Waals surface area contributed by atoms with Gasteiger partial charge in [-0.15, -0.1) is 12.4 Å². The molecule has 2 N–H and O–H groups in total. The summed E-state index contributed by atoms with van der Waals surface area (Å²) < 4.78 is 0. The zero-order chi connectivity index (χ0) is 13.7. The molecule has 2 atom stereocenters. The first kappa shape index (κ1) is 17.0. The minimum Gasteiger partial charge on any atom is -0.342 e. The second-order valence-electron chi connectivity index (χ2n) is 5.56. The van der Waals surface area contributed by atoms with E-state index in [-0.39, 0.29) is 24.2 Å². The second-order valence-corrected chi connectivity index (χ2v) is 5.56. The highest BCUT2D eigenvalue weighted by atomic mass is 35.5. The van der Waals surface area contributed by atoms with Gasteiger partial charge in [0.2, 0.25) is 5.91 Å². The fourth-order valence-electron chi connectivity index (χ4n) is 2.77. The molecule has 1 aliphatic rings. The molecule has 0 spiro atoms. The lowest BCUT2D eigenvalue weighted by atomic mass is 9.97. The van der Waals surface area contributed by atoms with Crippen molar-refractivity contribution in [1.82, 2.24) is 4.90 Å². The van der Waals surface area contributed by atoms with Crippen LogP contribution in [0.2, 0.25) is 0 Å². The smallest absolute Gasteiger partial charge is 0.231 e. The molecule has 1 heterocycles. The Bertz CT molecular complexity index is 410. The van der Waals surface area contributed by atoms with Crippen molar-refractivity contribution in [2.24, 2.45) is 11.7 Å². The summed E-state index contributed by atoms with van der Waals surface area (Å²) >= 11 is 0. The molecule has 4 heteroatoms. The quantitative estimate of drug-likeness (QED) is 0.932. The average molecular weight is 297 g/mol. The predicted octanol–water partition coefficient (Wildman–Crippen LogP) is 2.80. The van der Waals surface area contributed by atoms with Crippen molar-refractivity contribution >= 4 is 18.3 Å². The molecule has 0 aliphatic carbocycles. The molecule has 1 aromatic rings. The van der Waals surface area contributed by atoms with Crippen molar-refractivity contribution in [2.45, 2.75) is 32.1 Å². The number of amides is 1. The van der Waals surface area contributed by atoms with Gasteiger partial charge in [0.15, 0.2) is 0 Å². The first-order valence-corrected chi connectivity index (χ1v) is 7.26. The van der Waals surface area contributed by atoms with Crippen LogP contribution in [-0.4, -0.2) is 30.4 Å². The van der Waals surface area contributed by atoms with Crippen molar-refractivity contribution in [2.75, 3.05) is 19.6 Å². The van der Waals surface area contributed by atoms with Crippen LogP contribution in [0.3, 0.4) is 0 Å². The number of benzene rings is 1. The van der Waals surface area contributed by atoms with Gasteiger partial charge >= 0.3 is 0 Å². The summed E-state index contributed by atoms with van der Waals surface area (Å²) in [6.45, 7) is 4.41. The predicted molar refractivity (Wildman–Crippen MR) is 85.1 cm³/mol. The third-order valence-corrected chi connectivity index (χ3v) is 4.06. The van der Waals surface area contributed by atoms with E-state index < -0.39 is 0 Å². The lowest BCUT2D eigenvalue weighted by Crippen LogP contribution is -2.38. The number of carbonyl (C=O) groups is 1. The highest BCUT2D eigenvalue weighted by Gasteiger charge is 2.26. The molecule has 1 saturated heterocycles. The Morgan fingerprint density at radius 3 is 2.65 bits per heavy atom. The maximum absolute atomic E-state index is 12.6. The van der Waals surface area contributed by atoms with Crippen LogP contribution < -0.4 is 5.73 Å². The monoisotopic (exact) mass is 296 g/mol. The molecule has 1 amide bonds. The summed E-state index contributed by atoms with van der Waals surface area (Å²) in [5.74, 6) is 0.739. The zero-order valence-electron chi connectivity index (χ0n) is 12.1. The SMILES string of the molecule is CC1CCCN(C(=O)C(CN)c2ccccc2)CC1.Cl. The van der Waals surface area contributed by atoms with E-state index in [1.165, 1.54) is 6.42 Å². The Morgan fingerprint density at radius 1 is 1.30 bits per heavy atom. The standard InChI is InChI=1S/C16H24N2O.ClH/c1-13-6-5-10-18(11-9-13)16(19)15(12-17)14-7-3-2-4-8-14;/h2-4,7-8,13,15H,5-6,9-12,17H2,1H3;1H. The van der Waals surface area contributed by atoms with Crippen LogP contribution in [0, 0.1) is 5.92 Å². The van der Waals surface area contributed by atoms with Gasteiger partial charge in [0.1, 0.15) is 0 Å². The summed E-state index contributed by atoms with van der Waals surface area (Å²) in [5.41, 5.74) is 6.87. The Kier molecular flexibility index (Phi) is 7.03. The Balaban J connectivity index is 0.00000200. The maximum Gasteiger partial charge on any atom is 0.231 e. The number of hydrogen-bond acceptors (Lipinski definition) is 2. The molecule has 2 unspecified atom stereocenters. The molecule has 0 bridgehead atoms. The largest absolute Gasteiger partial charge is 0.342 e. The van der Waals surface area contributed by atoms with Gasteiger partial charge in [-0.1, -0.05) is 37.3 Å². The minimum absolute atomic E-state index is 0. The summed E-state index contributed by atoms with van der Waals surface area (Å²) in [6, 6.07) is 9.90. The van der Waals surface area contributed by atoms with Crippen LogP contribution in [-0.2, 0) is 4.79 Å². The first-order chi connectivity index (χ1) is 9.22. The topological polar surface area (TPSA) is 46.3 Å². The van der Waals surface area contributed by atoms with Gasteiger partial charge < -0.3 is 10.6 Å².